The molecule has 0 saturated carbocycles. The summed E-state index contributed by atoms with van der Waals surface area (Å²) in [5.74, 6) is 0.251. The first-order chi connectivity index (χ1) is 10.0. The zero-order valence-electron chi connectivity index (χ0n) is 12.3. The summed E-state index contributed by atoms with van der Waals surface area (Å²) < 4.78 is 5.11. The summed E-state index contributed by atoms with van der Waals surface area (Å²) in [5, 5.41) is 11.3. The topological polar surface area (TPSA) is 75.6 Å². The molecule has 0 aliphatic heterocycles. The minimum Gasteiger partial charge on any atom is -0.497 e. The lowest BCUT2D eigenvalue weighted by Gasteiger charge is -2.13. The van der Waals surface area contributed by atoms with E-state index in [2.05, 4.69) is 12.2 Å². The van der Waals surface area contributed by atoms with Crippen LogP contribution in [0.1, 0.15) is 12.5 Å². The molecule has 0 fully saturated rings. The number of ether oxygens (including phenoxy) is 1. The monoisotopic (exact) mass is 311 g/mol. The predicted octanol–water partition coefficient (Wildman–Crippen LogP) is 1.81. The number of hydrogen-bond acceptors (Lipinski definition) is 4. The van der Waals surface area contributed by atoms with Crippen molar-refractivity contribution >= 4 is 23.6 Å². The van der Waals surface area contributed by atoms with Gasteiger partial charge in [0, 0.05) is 6.54 Å². The van der Waals surface area contributed by atoms with E-state index in [1.807, 2.05) is 24.3 Å². The molecular weight excluding hydrogens is 290 g/mol. The third-order valence-corrected chi connectivity index (χ3v) is 3.77. The van der Waals surface area contributed by atoms with Crippen molar-refractivity contribution in [2.24, 2.45) is 5.92 Å². The highest BCUT2D eigenvalue weighted by Crippen LogP contribution is 2.14. The average molecular weight is 311 g/mol. The number of aliphatic carboxylic acids is 1. The number of thioether (sulfide) groups is 1. The molecule has 1 rings (SSSR count). The quantitative estimate of drug-likeness (QED) is 0.727. The van der Waals surface area contributed by atoms with Gasteiger partial charge in [0.05, 0.1) is 18.6 Å². The number of amides is 1. The van der Waals surface area contributed by atoms with E-state index in [0.717, 1.165) is 23.9 Å². The number of carboxylic acids is 1. The van der Waals surface area contributed by atoms with Gasteiger partial charge < -0.3 is 15.2 Å². The van der Waals surface area contributed by atoms with Crippen molar-refractivity contribution in [2.45, 2.75) is 13.3 Å². The van der Waals surface area contributed by atoms with E-state index >= 15 is 0 Å². The van der Waals surface area contributed by atoms with E-state index in [0.29, 0.717) is 12.5 Å². The molecule has 1 aromatic carbocycles. The van der Waals surface area contributed by atoms with Crippen molar-refractivity contribution < 1.29 is 19.4 Å². The number of carboxylic acid groups (broad SMARTS) is 1. The van der Waals surface area contributed by atoms with Crippen molar-refractivity contribution in [3.8, 4) is 5.75 Å². The van der Waals surface area contributed by atoms with E-state index in [-0.39, 0.29) is 17.4 Å². The molecule has 0 aliphatic carbocycles. The Kier molecular flexibility index (Phi) is 7.68. The number of benzene rings is 1. The summed E-state index contributed by atoms with van der Waals surface area (Å²) in [6, 6.07) is 7.87. The first-order valence-corrected chi connectivity index (χ1v) is 7.86. The number of carbonyl (C=O) groups is 2. The maximum atomic E-state index is 11.5. The summed E-state index contributed by atoms with van der Waals surface area (Å²) in [4.78, 5) is 21.9. The molecule has 5 nitrogen and oxygen atoms in total. The Hall–Kier alpha value is -1.69. The molecule has 0 heterocycles. The molecule has 1 aromatic rings. The van der Waals surface area contributed by atoms with Crippen LogP contribution >= 0.6 is 11.8 Å². The molecule has 0 bridgehead atoms. The fourth-order valence-corrected chi connectivity index (χ4v) is 2.37. The number of rotatable bonds is 9. The van der Waals surface area contributed by atoms with Gasteiger partial charge >= 0.3 is 5.97 Å². The Morgan fingerprint density at radius 3 is 2.52 bits per heavy atom. The van der Waals surface area contributed by atoms with Crippen molar-refractivity contribution in [1.82, 2.24) is 5.32 Å². The van der Waals surface area contributed by atoms with Crippen LogP contribution in [0.25, 0.3) is 0 Å². The van der Waals surface area contributed by atoms with Crippen LogP contribution in [-0.2, 0) is 16.0 Å². The van der Waals surface area contributed by atoms with Crippen molar-refractivity contribution in [3.63, 3.8) is 0 Å². The van der Waals surface area contributed by atoms with Gasteiger partial charge in [0.15, 0.2) is 0 Å². The van der Waals surface area contributed by atoms with E-state index in [4.69, 9.17) is 9.84 Å². The average Bonchev–Trinajstić information content (AvgIpc) is 2.45. The first kappa shape index (κ1) is 17.4. The molecule has 0 spiro atoms. The van der Waals surface area contributed by atoms with Gasteiger partial charge in [-0.1, -0.05) is 19.1 Å². The maximum Gasteiger partial charge on any atom is 0.313 e. The highest BCUT2D eigenvalue weighted by atomic mass is 32.2. The molecule has 1 unspecified atom stereocenters. The van der Waals surface area contributed by atoms with Crippen molar-refractivity contribution in [2.75, 3.05) is 25.2 Å². The normalized spacial score (nSPS) is 11.7. The van der Waals surface area contributed by atoms with Crippen molar-refractivity contribution in [3.05, 3.63) is 29.8 Å². The van der Waals surface area contributed by atoms with Crippen LogP contribution in [0.15, 0.2) is 24.3 Å². The summed E-state index contributed by atoms with van der Waals surface area (Å²) in [6.45, 7) is 2.65. The second-order valence-corrected chi connectivity index (χ2v) is 5.83. The van der Waals surface area contributed by atoms with E-state index < -0.39 is 5.97 Å². The molecule has 0 radical (unpaired) electrons. The minimum atomic E-state index is -0.902. The third-order valence-electron chi connectivity index (χ3n) is 2.85. The smallest absolute Gasteiger partial charge is 0.313 e. The molecule has 0 saturated heterocycles. The van der Waals surface area contributed by atoms with E-state index in [1.54, 1.807) is 7.11 Å². The third kappa shape index (κ3) is 7.60. The lowest BCUT2D eigenvalue weighted by molar-refractivity contribution is -0.133. The van der Waals surface area contributed by atoms with E-state index in [9.17, 15) is 9.59 Å². The summed E-state index contributed by atoms with van der Waals surface area (Å²) >= 11 is 1.10. The Balaban J connectivity index is 2.24. The summed E-state index contributed by atoms with van der Waals surface area (Å²) in [7, 11) is 1.63. The van der Waals surface area contributed by atoms with Gasteiger partial charge in [-0.3, -0.25) is 9.59 Å². The number of methoxy groups -OCH3 is 1. The lowest BCUT2D eigenvalue weighted by atomic mass is 10.0. The molecule has 1 atom stereocenters. The van der Waals surface area contributed by atoms with Crippen LogP contribution in [0.3, 0.4) is 0 Å². The molecule has 21 heavy (non-hydrogen) atoms. The van der Waals surface area contributed by atoms with Crippen LogP contribution in [0.4, 0.5) is 0 Å². The molecule has 0 aromatic heterocycles. The second kappa shape index (κ2) is 9.28. The number of nitrogens with one attached hydrogen (secondary N) is 1. The van der Waals surface area contributed by atoms with Crippen LogP contribution in [0, 0.1) is 5.92 Å². The van der Waals surface area contributed by atoms with Gasteiger partial charge in [-0.15, -0.1) is 11.8 Å². The number of hydrogen-bond donors (Lipinski definition) is 2. The van der Waals surface area contributed by atoms with Crippen LogP contribution in [-0.4, -0.2) is 42.1 Å². The Morgan fingerprint density at radius 1 is 1.29 bits per heavy atom. The van der Waals surface area contributed by atoms with Crippen LogP contribution in [0.5, 0.6) is 5.75 Å². The van der Waals surface area contributed by atoms with Crippen LogP contribution < -0.4 is 10.1 Å². The van der Waals surface area contributed by atoms with Gasteiger partial charge in [0.1, 0.15) is 5.75 Å². The Bertz CT molecular complexity index is 461. The zero-order valence-corrected chi connectivity index (χ0v) is 13.1. The molecule has 2 N–H and O–H groups in total. The lowest BCUT2D eigenvalue weighted by Crippen LogP contribution is -2.30. The maximum absolute atomic E-state index is 11.5. The fourth-order valence-electron chi connectivity index (χ4n) is 1.81. The second-order valence-electron chi connectivity index (χ2n) is 4.85. The van der Waals surface area contributed by atoms with Crippen molar-refractivity contribution in [1.29, 1.82) is 0 Å². The van der Waals surface area contributed by atoms with E-state index in [1.165, 1.54) is 5.56 Å². The van der Waals surface area contributed by atoms with Gasteiger partial charge in [0.25, 0.3) is 0 Å². The minimum absolute atomic E-state index is 0.0468. The zero-order chi connectivity index (χ0) is 15.7. The summed E-state index contributed by atoms with van der Waals surface area (Å²) in [6.07, 6.45) is 0.868. The fraction of sp³-hybridized carbons (Fsp3) is 0.467. The van der Waals surface area contributed by atoms with Gasteiger partial charge in [-0.2, -0.15) is 0 Å². The van der Waals surface area contributed by atoms with Gasteiger partial charge in [-0.05, 0) is 30.0 Å². The molecule has 1 amide bonds. The molecule has 0 aliphatic rings. The largest absolute Gasteiger partial charge is 0.497 e. The molecule has 116 valence electrons. The molecule has 6 heteroatoms. The first-order valence-electron chi connectivity index (χ1n) is 6.70. The van der Waals surface area contributed by atoms with Gasteiger partial charge in [-0.25, -0.2) is 0 Å². The standard InChI is InChI=1S/C15H21NO4S/c1-11(7-12-3-5-13(20-2)6-4-12)8-16-14(17)9-21-10-15(18)19/h3-6,11H,7-10H2,1-2H3,(H,16,17)(H,18,19). The SMILES string of the molecule is COc1ccc(CC(C)CNC(=O)CSCC(=O)O)cc1. The Labute approximate surface area is 129 Å². The van der Waals surface area contributed by atoms with Crippen LogP contribution in [0.2, 0.25) is 0 Å². The summed E-state index contributed by atoms with van der Waals surface area (Å²) in [5.41, 5.74) is 1.19. The highest BCUT2D eigenvalue weighted by molar-refractivity contribution is 8.00. The van der Waals surface area contributed by atoms with Gasteiger partial charge in [0.2, 0.25) is 5.91 Å². The number of carbonyl (C=O) groups excluding carboxylic acids is 1. The predicted molar refractivity (Wildman–Crippen MR) is 83.8 cm³/mol. The molecular formula is C15H21NO4S. The highest BCUT2D eigenvalue weighted by Gasteiger charge is 2.08. The Morgan fingerprint density at radius 2 is 1.95 bits per heavy atom.